The molecule has 1 atom stereocenters. The summed E-state index contributed by atoms with van der Waals surface area (Å²) in [5, 5.41) is 0. The maximum absolute atomic E-state index is 11.0. The van der Waals surface area contributed by atoms with Crippen LogP contribution in [0.15, 0.2) is 30.3 Å². The van der Waals surface area contributed by atoms with Crippen molar-refractivity contribution in [2.24, 2.45) is 0 Å². The maximum atomic E-state index is 11.0. The fourth-order valence-corrected chi connectivity index (χ4v) is 2.47. The zero-order chi connectivity index (χ0) is 18.4. The Morgan fingerprint density at radius 2 is 1.79 bits per heavy atom. The Balaban J connectivity index is 0.000000400. The number of rotatable bonds is 5. The predicted octanol–water partition coefficient (Wildman–Crippen LogP) is 4.23. The largest absolute Gasteiger partial charge is 0.377 e. The first-order chi connectivity index (χ1) is 11.6. The van der Waals surface area contributed by atoms with Crippen molar-refractivity contribution in [3.63, 3.8) is 0 Å². The van der Waals surface area contributed by atoms with E-state index in [0.29, 0.717) is 0 Å². The van der Waals surface area contributed by atoms with Gasteiger partial charge < -0.3 is 9.64 Å². The van der Waals surface area contributed by atoms with Crippen LogP contribution >= 0.6 is 0 Å². The first-order valence-electron chi connectivity index (χ1n) is 8.95. The minimum absolute atomic E-state index is 0.0164. The molecule has 136 valence electrons. The van der Waals surface area contributed by atoms with Crippen LogP contribution in [0.3, 0.4) is 0 Å². The number of ether oxygens (including phenoxy) is 1. The lowest BCUT2D eigenvalue weighted by Crippen LogP contribution is -2.37. The lowest BCUT2D eigenvalue weighted by atomic mass is 10.1. The van der Waals surface area contributed by atoms with Gasteiger partial charge in [0.15, 0.2) is 5.78 Å². The Morgan fingerprint density at radius 1 is 1.17 bits per heavy atom. The highest BCUT2D eigenvalue weighted by Crippen LogP contribution is 2.17. The van der Waals surface area contributed by atoms with Crippen LogP contribution in [0.4, 0.5) is 0 Å². The molecule has 0 spiro atoms. The first kappa shape index (κ1) is 22.3. The van der Waals surface area contributed by atoms with Gasteiger partial charge in [0, 0.05) is 20.1 Å². The SMILES string of the molecule is CC.CC(=O)C1CCCN1C(C)=O.CCCOCc1ccccc1. The quantitative estimate of drug-likeness (QED) is 0.757. The smallest absolute Gasteiger partial charge is 0.220 e. The Morgan fingerprint density at radius 3 is 2.25 bits per heavy atom. The molecule has 1 aliphatic heterocycles. The molecule has 1 aromatic carbocycles. The van der Waals surface area contributed by atoms with Gasteiger partial charge in [0.2, 0.25) is 5.91 Å². The van der Waals surface area contributed by atoms with Gasteiger partial charge in [-0.1, -0.05) is 51.1 Å². The molecule has 0 saturated carbocycles. The van der Waals surface area contributed by atoms with Crippen LogP contribution in [-0.4, -0.2) is 35.8 Å². The van der Waals surface area contributed by atoms with Crippen molar-refractivity contribution < 1.29 is 14.3 Å². The molecule has 4 heteroatoms. The van der Waals surface area contributed by atoms with E-state index in [1.165, 1.54) is 12.5 Å². The van der Waals surface area contributed by atoms with Crippen LogP contribution in [0.25, 0.3) is 0 Å². The van der Waals surface area contributed by atoms with E-state index < -0.39 is 0 Å². The molecule has 0 bridgehead atoms. The molecule has 1 unspecified atom stereocenters. The standard InChI is InChI=1S/C10H14O.C8H13NO2.C2H6/c1-2-8-11-9-10-6-4-3-5-7-10;1-6(10)8-4-3-5-9(8)7(2)11;1-2/h3-7H,2,8-9H2,1H3;8H,3-5H2,1-2H3;1-2H3. The van der Waals surface area contributed by atoms with Gasteiger partial charge in [0.05, 0.1) is 12.6 Å². The molecule has 1 amide bonds. The van der Waals surface area contributed by atoms with E-state index in [2.05, 4.69) is 19.1 Å². The van der Waals surface area contributed by atoms with E-state index in [4.69, 9.17) is 4.74 Å². The third kappa shape index (κ3) is 8.82. The van der Waals surface area contributed by atoms with E-state index in [1.807, 2.05) is 32.0 Å². The number of hydrogen-bond acceptors (Lipinski definition) is 3. The van der Waals surface area contributed by atoms with Gasteiger partial charge in [-0.15, -0.1) is 0 Å². The van der Waals surface area contributed by atoms with Crippen molar-refractivity contribution in [3.8, 4) is 0 Å². The summed E-state index contributed by atoms with van der Waals surface area (Å²) < 4.78 is 5.37. The minimum Gasteiger partial charge on any atom is -0.377 e. The average Bonchev–Trinajstić information content (AvgIpc) is 3.09. The van der Waals surface area contributed by atoms with Crippen molar-refractivity contribution >= 4 is 11.7 Å². The number of hydrogen-bond donors (Lipinski definition) is 0. The zero-order valence-electron chi connectivity index (χ0n) is 15.9. The molecule has 2 rings (SSSR count). The van der Waals surface area contributed by atoms with Gasteiger partial charge in [0.25, 0.3) is 0 Å². The molecule has 1 heterocycles. The molecule has 1 saturated heterocycles. The number of benzene rings is 1. The van der Waals surface area contributed by atoms with Crippen LogP contribution in [0.2, 0.25) is 0 Å². The number of carbonyl (C=O) groups excluding carboxylic acids is 2. The third-order valence-electron chi connectivity index (χ3n) is 3.59. The summed E-state index contributed by atoms with van der Waals surface area (Å²) in [7, 11) is 0. The number of carbonyl (C=O) groups is 2. The van der Waals surface area contributed by atoms with Crippen molar-refractivity contribution in [1.82, 2.24) is 4.90 Å². The Kier molecular flexibility index (Phi) is 12.8. The highest BCUT2D eigenvalue weighted by atomic mass is 16.5. The highest BCUT2D eigenvalue weighted by molar-refractivity contribution is 5.87. The Bertz CT molecular complexity index is 439. The van der Waals surface area contributed by atoms with E-state index in [1.54, 1.807) is 11.8 Å². The van der Waals surface area contributed by atoms with Gasteiger partial charge in [-0.25, -0.2) is 0 Å². The maximum Gasteiger partial charge on any atom is 0.220 e. The molecule has 1 aliphatic rings. The molecule has 24 heavy (non-hydrogen) atoms. The van der Waals surface area contributed by atoms with Crippen LogP contribution in [0.1, 0.15) is 59.4 Å². The number of ketones is 1. The number of amides is 1. The molecular weight excluding hydrogens is 302 g/mol. The molecule has 0 aliphatic carbocycles. The van der Waals surface area contributed by atoms with Gasteiger partial charge in [0.1, 0.15) is 0 Å². The van der Waals surface area contributed by atoms with Gasteiger partial charge >= 0.3 is 0 Å². The summed E-state index contributed by atoms with van der Waals surface area (Å²) >= 11 is 0. The number of Topliss-reactive ketones (excluding diaryl/α,β-unsaturated/α-hetero) is 1. The molecule has 0 aromatic heterocycles. The zero-order valence-corrected chi connectivity index (χ0v) is 15.9. The van der Waals surface area contributed by atoms with Crippen molar-refractivity contribution in [1.29, 1.82) is 0 Å². The lowest BCUT2D eigenvalue weighted by Gasteiger charge is -2.20. The monoisotopic (exact) mass is 335 g/mol. The van der Waals surface area contributed by atoms with E-state index in [9.17, 15) is 9.59 Å². The summed E-state index contributed by atoms with van der Waals surface area (Å²) in [6.07, 6.45) is 2.89. The van der Waals surface area contributed by atoms with Crippen molar-refractivity contribution in [2.75, 3.05) is 13.2 Å². The van der Waals surface area contributed by atoms with Gasteiger partial charge in [-0.3, -0.25) is 9.59 Å². The summed E-state index contributed by atoms with van der Waals surface area (Å²) in [5.74, 6) is 0.125. The highest BCUT2D eigenvalue weighted by Gasteiger charge is 2.29. The topological polar surface area (TPSA) is 46.6 Å². The van der Waals surface area contributed by atoms with Crippen LogP contribution in [0, 0.1) is 0 Å². The van der Waals surface area contributed by atoms with Crippen molar-refractivity contribution in [2.45, 2.75) is 66.5 Å². The second-order valence-corrected chi connectivity index (χ2v) is 5.52. The summed E-state index contributed by atoms with van der Waals surface area (Å²) in [6, 6.07) is 10.1. The van der Waals surface area contributed by atoms with Crippen LogP contribution in [-0.2, 0) is 20.9 Å². The summed E-state index contributed by atoms with van der Waals surface area (Å²) in [6.45, 7) is 11.5. The van der Waals surface area contributed by atoms with E-state index >= 15 is 0 Å². The number of likely N-dealkylation sites (tertiary alicyclic amines) is 1. The van der Waals surface area contributed by atoms with Crippen LogP contribution in [0.5, 0.6) is 0 Å². The van der Waals surface area contributed by atoms with Crippen molar-refractivity contribution in [3.05, 3.63) is 35.9 Å². The number of nitrogens with zero attached hydrogens (tertiary/aromatic N) is 1. The van der Waals surface area contributed by atoms with E-state index in [0.717, 1.165) is 39.0 Å². The summed E-state index contributed by atoms with van der Waals surface area (Å²) in [4.78, 5) is 23.6. The Hall–Kier alpha value is -1.68. The normalized spacial score (nSPS) is 15.7. The second-order valence-electron chi connectivity index (χ2n) is 5.52. The molecule has 4 nitrogen and oxygen atoms in total. The third-order valence-corrected chi connectivity index (χ3v) is 3.59. The van der Waals surface area contributed by atoms with Crippen LogP contribution < -0.4 is 0 Å². The molecule has 0 radical (unpaired) electrons. The Labute approximate surface area is 147 Å². The average molecular weight is 335 g/mol. The fraction of sp³-hybridized carbons (Fsp3) is 0.600. The fourth-order valence-electron chi connectivity index (χ4n) is 2.47. The molecule has 1 aromatic rings. The molecule has 0 N–H and O–H groups in total. The van der Waals surface area contributed by atoms with E-state index in [-0.39, 0.29) is 17.7 Å². The molecular formula is C20H33NO3. The summed E-state index contributed by atoms with van der Waals surface area (Å²) in [5.41, 5.74) is 1.25. The lowest BCUT2D eigenvalue weighted by molar-refractivity contribution is -0.135. The predicted molar refractivity (Wildman–Crippen MR) is 98.8 cm³/mol. The van der Waals surface area contributed by atoms with Gasteiger partial charge in [-0.2, -0.15) is 0 Å². The minimum atomic E-state index is -0.132. The van der Waals surface area contributed by atoms with Gasteiger partial charge in [-0.05, 0) is 31.7 Å². The molecule has 1 fully saturated rings. The second kappa shape index (κ2) is 13.7. The first-order valence-corrected chi connectivity index (χ1v) is 8.95.